The Hall–Kier alpha value is -1.24. The van der Waals surface area contributed by atoms with Crippen molar-refractivity contribution in [3.8, 4) is 11.3 Å². The summed E-state index contributed by atoms with van der Waals surface area (Å²) in [5.41, 5.74) is 0.954. The molecule has 0 unspecified atom stereocenters. The fraction of sp³-hybridized carbons (Fsp3) is 0. The molecule has 1 N–H and O–H groups in total. The minimum Gasteiger partial charge on any atom is -0.268 e. The van der Waals surface area contributed by atoms with Gasteiger partial charge in [-0.15, -0.1) is 0 Å². The second-order valence-corrected chi connectivity index (χ2v) is 4.09. The first kappa shape index (κ1) is 10.3. The molecule has 0 saturated heterocycles. The van der Waals surface area contributed by atoms with Crippen LogP contribution in [0.25, 0.3) is 11.3 Å². The summed E-state index contributed by atoms with van der Waals surface area (Å²) in [5, 5.41) is 6.16. The maximum absolute atomic E-state index is 13.0. The Morgan fingerprint density at radius 2 is 2.07 bits per heavy atom. The molecule has 0 aliphatic carbocycles. The number of hydrogen-bond acceptors (Lipinski definition) is 2. The average Bonchev–Trinajstić information content (AvgIpc) is 2.23. The predicted octanol–water partition coefficient (Wildman–Crippen LogP) is 2.18. The van der Waals surface area contributed by atoms with Crippen molar-refractivity contribution in [1.82, 2.24) is 10.2 Å². The maximum Gasteiger partial charge on any atom is 0.264 e. The molecule has 0 saturated carbocycles. The van der Waals surface area contributed by atoms with E-state index in [1.807, 2.05) is 0 Å². The predicted molar refractivity (Wildman–Crippen MR) is 63.0 cm³/mol. The van der Waals surface area contributed by atoms with Crippen LogP contribution in [0.2, 0.25) is 0 Å². The summed E-state index contributed by atoms with van der Waals surface area (Å²) in [6.45, 7) is 0. The van der Waals surface area contributed by atoms with Gasteiger partial charge in [-0.2, -0.15) is 5.10 Å². The van der Waals surface area contributed by atoms with Gasteiger partial charge in [-0.1, -0.05) is 0 Å². The van der Waals surface area contributed by atoms with E-state index in [0.29, 0.717) is 11.3 Å². The standard InChI is InChI=1S/C10H6FIN2O/c11-6-1-2-8(12)7(5-6)9-3-4-10(15)14-13-9/h1-5H,(H,14,15). The van der Waals surface area contributed by atoms with Crippen molar-refractivity contribution in [2.45, 2.75) is 0 Å². The maximum atomic E-state index is 13.0. The van der Waals surface area contributed by atoms with Crippen LogP contribution in [0.5, 0.6) is 0 Å². The van der Waals surface area contributed by atoms with E-state index in [9.17, 15) is 9.18 Å². The summed E-state index contributed by atoms with van der Waals surface area (Å²) in [4.78, 5) is 10.8. The van der Waals surface area contributed by atoms with E-state index in [0.717, 1.165) is 3.57 Å². The number of nitrogens with one attached hydrogen (secondary N) is 1. The highest BCUT2D eigenvalue weighted by atomic mass is 127. The Morgan fingerprint density at radius 1 is 1.27 bits per heavy atom. The first-order valence-electron chi connectivity index (χ1n) is 4.18. The number of H-pyrrole nitrogens is 1. The topological polar surface area (TPSA) is 45.8 Å². The van der Waals surface area contributed by atoms with Gasteiger partial charge >= 0.3 is 0 Å². The van der Waals surface area contributed by atoms with Crippen molar-refractivity contribution in [2.75, 3.05) is 0 Å². The molecule has 0 spiro atoms. The summed E-state index contributed by atoms with van der Waals surface area (Å²) < 4.78 is 13.9. The fourth-order valence-corrected chi connectivity index (χ4v) is 1.80. The first-order valence-corrected chi connectivity index (χ1v) is 5.26. The molecule has 3 nitrogen and oxygen atoms in total. The minimum absolute atomic E-state index is 0.273. The number of rotatable bonds is 1. The largest absolute Gasteiger partial charge is 0.268 e. The van der Waals surface area contributed by atoms with Crippen LogP contribution in [0, 0.1) is 9.39 Å². The fourth-order valence-electron chi connectivity index (χ4n) is 1.19. The third-order valence-electron chi connectivity index (χ3n) is 1.88. The van der Waals surface area contributed by atoms with E-state index in [1.54, 1.807) is 12.1 Å². The zero-order valence-electron chi connectivity index (χ0n) is 7.50. The highest BCUT2D eigenvalue weighted by Crippen LogP contribution is 2.23. The third-order valence-corrected chi connectivity index (χ3v) is 2.82. The summed E-state index contributed by atoms with van der Waals surface area (Å²) in [7, 11) is 0. The lowest BCUT2D eigenvalue weighted by molar-refractivity contribution is 0.628. The molecule has 0 aliphatic heterocycles. The number of halogens is 2. The SMILES string of the molecule is O=c1ccc(-c2cc(F)ccc2I)n[nH]1. The second-order valence-electron chi connectivity index (χ2n) is 2.93. The van der Waals surface area contributed by atoms with Crippen LogP contribution in [-0.2, 0) is 0 Å². The Labute approximate surface area is 98.5 Å². The van der Waals surface area contributed by atoms with Gasteiger partial charge in [0.25, 0.3) is 5.56 Å². The Balaban J connectivity index is 2.58. The van der Waals surface area contributed by atoms with E-state index in [4.69, 9.17) is 0 Å². The number of hydrogen-bond donors (Lipinski definition) is 1. The van der Waals surface area contributed by atoms with Gasteiger partial charge in [-0.3, -0.25) is 4.79 Å². The van der Waals surface area contributed by atoms with Gasteiger partial charge in [0.15, 0.2) is 0 Å². The van der Waals surface area contributed by atoms with E-state index < -0.39 is 0 Å². The summed E-state index contributed by atoms with van der Waals surface area (Å²) in [6.07, 6.45) is 0. The molecule has 2 rings (SSSR count). The normalized spacial score (nSPS) is 10.3. The quantitative estimate of drug-likeness (QED) is 0.820. The summed E-state index contributed by atoms with van der Waals surface area (Å²) >= 11 is 2.09. The van der Waals surface area contributed by atoms with Crippen LogP contribution < -0.4 is 5.56 Å². The van der Waals surface area contributed by atoms with Gasteiger partial charge in [0, 0.05) is 15.2 Å². The van der Waals surface area contributed by atoms with E-state index in [2.05, 4.69) is 32.8 Å². The summed E-state index contributed by atoms with van der Waals surface area (Å²) in [5.74, 6) is -0.321. The third kappa shape index (κ3) is 2.23. The number of benzene rings is 1. The Morgan fingerprint density at radius 3 is 2.73 bits per heavy atom. The smallest absolute Gasteiger partial charge is 0.264 e. The molecule has 0 bridgehead atoms. The zero-order valence-corrected chi connectivity index (χ0v) is 9.66. The van der Waals surface area contributed by atoms with Crippen LogP contribution in [0.15, 0.2) is 35.1 Å². The lowest BCUT2D eigenvalue weighted by Gasteiger charge is -2.02. The van der Waals surface area contributed by atoms with Crippen LogP contribution in [0.4, 0.5) is 4.39 Å². The van der Waals surface area contributed by atoms with Crippen molar-refractivity contribution in [2.24, 2.45) is 0 Å². The molecule has 1 aromatic carbocycles. The van der Waals surface area contributed by atoms with Crippen LogP contribution >= 0.6 is 22.6 Å². The van der Waals surface area contributed by atoms with Crippen LogP contribution in [0.3, 0.4) is 0 Å². The molecule has 76 valence electrons. The van der Waals surface area contributed by atoms with E-state index in [1.165, 1.54) is 18.2 Å². The molecule has 15 heavy (non-hydrogen) atoms. The van der Waals surface area contributed by atoms with Gasteiger partial charge in [-0.05, 0) is 46.9 Å². The molecule has 0 atom stereocenters. The molecule has 0 fully saturated rings. The number of aromatic amines is 1. The van der Waals surface area contributed by atoms with Gasteiger partial charge < -0.3 is 0 Å². The van der Waals surface area contributed by atoms with Gasteiger partial charge in [0.05, 0.1) is 5.69 Å². The highest BCUT2D eigenvalue weighted by molar-refractivity contribution is 14.1. The lowest BCUT2D eigenvalue weighted by atomic mass is 10.1. The van der Waals surface area contributed by atoms with Crippen molar-refractivity contribution >= 4 is 22.6 Å². The first-order chi connectivity index (χ1) is 7.16. The van der Waals surface area contributed by atoms with E-state index in [-0.39, 0.29) is 11.4 Å². The second kappa shape index (κ2) is 4.09. The van der Waals surface area contributed by atoms with Crippen molar-refractivity contribution in [3.63, 3.8) is 0 Å². The molecule has 5 heteroatoms. The van der Waals surface area contributed by atoms with Gasteiger partial charge in [0.2, 0.25) is 0 Å². The molecular weight excluding hydrogens is 310 g/mol. The monoisotopic (exact) mass is 316 g/mol. The minimum atomic E-state index is -0.321. The number of aromatic nitrogens is 2. The highest BCUT2D eigenvalue weighted by Gasteiger charge is 2.05. The lowest BCUT2D eigenvalue weighted by Crippen LogP contribution is -2.06. The number of nitrogens with zero attached hydrogens (tertiary/aromatic N) is 1. The zero-order chi connectivity index (χ0) is 10.8. The molecule has 0 amide bonds. The van der Waals surface area contributed by atoms with Gasteiger partial charge in [0.1, 0.15) is 5.82 Å². The molecule has 0 radical (unpaired) electrons. The van der Waals surface area contributed by atoms with Crippen LogP contribution in [0.1, 0.15) is 0 Å². The Bertz CT molecular complexity index is 533. The van der Waals surface area contributed by atoms with Crippen molar-refractivity contribution < 1.29 is 4.39 Å². The van der Waals surface area contributed by atoms with Crippen molar-refractivity contribution in [1.29, 1.82) is 0 Å². The average molecular weight is 316 g/mol. The van der Waals surface area contributed by atoms with Crippen molar-refractivity contribution in [3.05, 3.63) is 50.1 Å². The van der Waals surface area contributed by atoms with E-state index >= 15 is 0 Å². The Kier molecular flexibility index (Phi) is 2.81. The van der Waals surface area contributed by atoms with Gasteiger partial charge in [-0.25, -0.2) is 9.49 Å². The summed E-state index contributed by atoms with van der Waals surface area (Å²) in [6, 6.07) is 7.37. The molecule has 2 aromatic rings. The molecular formula is C10H6FIN2O. The molecule has 1 aromatic heterocycles. The molecule has 1 heterocycles. The van der Waals surface area contributed by atoms with Crippen LogP contribution in [-0.4, -0.2) is 10.2 Å². The molecule has 0 aliphatic rings.